The van der Waals surface area contributed by atoms with Crippen LogP contribution in [0, 0.1) is 5.92 Å². The Labute approximate surface area is 96.5 Å². The Morgan fingerprint density at radius 2 is 2.24 bits per heavy atom. The molecule has 1 N–H and O–H groups in total. The standard InChI is InChI=1S/C11H12N2O4/c1-6(2)8(10(14)15)13-9-7(17-11(13)16)4-3-5-12-9/h3-6,8H,1-2H3,(H,14,15). The summed E-state index contributed by atoms with van der Waals surface area (Å²) in [5.74, 6) is -2.01. The van der Waals surface area contributed by atoms with Crippen LogP contribution < -0.4 is 5.76 Å². The zero-order valence-corrected chi connectivity index (χ0v) is 9.45. The molecule has 2 aromatic heterocycles. The summed E-state index contributed by atoms with van der Waals surface area (Å²) in [6, 6.07) is 2.24. The summed E-state index contributed by atoms with van der Waals surface area (Å²) in [5, 5.41) is 9.17. The van der Waals surface area contributed by atoms with E-state index in [1.54, 1.807) is 26.0 Å². The first-order valence-corrected chi connectivity index (χ1v) is 5.21. The molecule has 17 heavy (non-hydrogen) atoms. The lowest BCUT2D eigenvalue weighted by Crippen LogP contribution is -2.30. The van der Waals surface area contributed by atoms with Gasteiger partial charge in [-0.1, -0.05) is 13.8 Å². The molecule has 0 aliphatic carbocycles. The van der Waals surface area contributed by atoms with Gasteiger partial charge in [-0.3, -0.25) is 0 Å². The topological polar surface area (TPSA) is 85.3 Å². The maximum Gasteiger partial charge on any atom is 0.422 e. The van der Waals surface area contributed by atoms with Gasteiger partial charge < -0.3 is 9.52 Å². The lowest BCUT2D eigenvalue weighted by molar-refractivity contribution is -0.142. The number of carboxylic acids is 1. The summed E-state index contributed by atoms with van der Waals surface area (Å²) in [5.41, 5.74) is 0.558. The Hall–Kier alpha value is -2.11. The Morgan fingerprint density at radius 1 is 1.53 bits per heavy atom. The van der Waals surface area contributed by atoms with Crippen LogP contribution in [-0.2, 0) is 4.79 Å². The van der Waals surface area contributed by atoms with Crippen molar-refractivity contribution in [2.75, 3.05) is 0 Å². The van der Waals surface area contributed by atoms with Gasteiger partial charge in [0, 0.05) is 6.20 Å². The van der Waals surface area contributed by atoms with Gasteiger partial charge >= 0.3 is 11.7 Å². The number of oxazole rings is 1. The van der Waals surface area contributed by atoms with Gasteiger partial charge in [0.15, 0.2) is 11.2 Å². The summed E-state index contributed by atoms with van der Waals surface area (Å²) in [6.45, 7) is 3.46. The molecule has 1 atom stereocenters. The molecule has 0 amide bonds. The number of pyridine rings is 1. The average molecular weight is 236 g/mol. The summed E-state index contributed by atoms with van der Waals surface area (Å²) < 4.78 is 6.05. The van der Waals surface area contributed by atoms with E-state index in [0.717, 1.165) is 4.57 Å². The van der Waals surface area contributed by atoms with Crippen LogP contribution in [0.2, 0.25) is 0 Å². The minimum Gasteiger partial charge on any atom is -0.480 e. The number of aliphatic carboxylic acids is 1. The van der Waals surface area contributed by atoms with Crippen molar-refractivity contribution in [3.05, 3.63) is 28.9 Å². The van der Waals surface area contributed by atoms with Gasteiger partial charge in [0.25, 0.3) is 0 Å². The maximum absolute atomic E-state index is 11.7. The van der Waals surface area contributed by atoms with Crippen molar-refractivity contribution in [1.29, 1.82) is 0 Å². The monoisotopic (exact) mass is 236 g/mol. The molecule has 90 valence electrons. The number of carbonyl (C=O) groups is 1. The SMILES string of the molecule is CC(C)C(C(=O)O)n1c(=O)oc2cccnc21. The Balaban J connectivity index is 2.72. The van der Waals surface area contributed by atoms with Gasteiger partial charge in [-0.25, -0.2) is 19.1 Å². The van der Waals surface area contributed by atoms with Gasteiger partial charge in [-0.05, 0) is 18.1 Å². The first-order valence-electron chi connectivity index (χ1n) is 5.21. The molecule has 0 saturated carbocycles. The molecule has 2 rings (SSSR count). The number of hydrogen-bond acceptors (Lipinski definition) is 4. The van der Waals surface area contributed by atoms with Crippen molar-refractivity contribution in [2.45, 2.75) is 19.9 Å². The Morgan fingerprint density at radius 3 is 2.82 bits per heavy atom. The van der Waals surface area contributed by atoms with Crippen LogP contribution in [-0.4, -0.2) is 20.6 Å². The van der Waals surface area contributed by atoms with Crippen LogP contribution in [0.15, 0.2) is 27.5 Å². The highest BCUT2D eigenvalue weighted by Gasteiger charge is 2.28. The molecule has 6 nitrogen and oxygen atoms in total. The van der Waals surface area contributed by atoms with Gasteiger partial charge in [0.1, 0.15) is 6.04 Å². The largest absolute Gasteiger partial charge is 0.480 e. The Bertz CT molecular complexity index is 611. The summed E-state index contributed by atoms with van der Waals surface area (Å²) in [4.78, 5) is 26.9. The predicted molar refractivity (Wildman–Crippen MR) is 59.8 cm³/mol. The zero-order valence-electron chi connectivity index (χ0n) is 9.45. The summed E-state index contributed by atoms with van der Waals surface area (Å²) in [6.07, 6.45) is 1.49. The van der Waals surface area contributed by atoms with Crippen LogP contribution in [0.1, 0.15) is 19.9 Å². The molecule has 2 heterocycles. The highest BCUT2D eigenvalue weighted by molar-refractivity contribution is 5.76. The first kappa shape index (κ1) is 11.4. The molecule has 0 aliphatic heterocycles. The normalized spacial score (nSPS) is 13.1. The third-order valence-corrected chi connectivity index (χ3v) is 2.54. The van der Waals surface area contributed by atoms with Crippen LogP contribution >= 0.6 is 0 Å². The third-order valence-electron chi connectivity index (χ3n) is 2.54. The van der Waals surface area contributed by atoms with E-state index in [2.05, 4.69) is 4.98 Å². The van der Waals surface area contributed by atoms with Crippen LogP contribution in [0.5, 0.6) is 0 Å². The van der Waals surface area contributed by atoms with E-state index in [-0.39, 0.29) is 11.6 Å². The van der Waals surface area contributed by atoms with E-state index < -0.39 is 17.8 Å². The van der Waals surface area contributed by atoms with E-state index in [1.807, 2.05) is 0 Å². The van der Waals surface area contributed by atoms with Crippen molar-refractivity contribution in [3.63, 3.8) is 0 Å². The molecule has 6 heteroatoms. The van der Waals surface area contributed by atoms with Crippen molar-refractivity contribution in [1.82, 2.24) is 9.55 Å². The van der Waals surface area contributed by atoms with Crippen molar-refractivity contribution in [2.24, 2.45) is 5.92 Å². The first-order chi connectivity index (χ1) is 8.02. The minimum absolute atomic E-state index is 0.243. The summed E-state index contributed by atoms with van der Waals surface area (Å²) >= 11 is 0. The molecule has 0 spiro atoms. The van der Waals surface area contributed by atoms with E-state index in [0.29, 0.717) is 5.58 Å². The maximum atomic E-state index is 11.7. The number of fused-ring (bicyclic) bond motifs is 1. The number of carboxylic acid groups (broad SMARTS) is 1. The van der Waals surface area contributed by atoms with Crippen LogP contribution in [0.3, 0.4) is 0 Å². The quantitative estimate of drug-likeness (QED) is 0.867. The summed E-state index contributed by atoms with van der Waals surface area (Å²) in [7, 11) is 0. The minimum atomic E-state index is -1.07. The van der Waals surface area contributed by atoms with Crippen molar-refractivity contribution >= 4 is 17.2 Å². The van der Waals surface area contributed by atoms with E-state index in [1.165, 1.54) is 6.20 Å². The third kappa shape index (κ3) is 1.82. The zero-order chi connectivity index (χ0) is 12.6. The lowest BCUT2D eigenvalue weighted by atomic mass is 10.0. The number of nitrogens with zero attached hydrogens (tertiary/aromatic N) is 2. The van der Waals surface area contributed by atoms with E-state index >= 15 is 0 Å². The fourth-order valence-electron chi connectivity index (χ4n) is 1.81. The van der Waals surface area contributed by atoms with Gasteiger partial charge in [0.05, 0.1) is 0 Å². The molecule has 0 radical (unpaired) electrons. The fraction of sp³-hybridized carbons (Fsp3) is 0.364. The van der Waals surface area contributed by atoms with E-state index in [9.17, 15) is 14.7 Å². The molecule has 1 unspecified atom stereocenters. The number of aromatic nitrogens is 2. The average Bonchev–Trinajstić information content (AvgIpc) is 2.55. The molecular weight excluding hydrogens is 224 g/mol. The second-order valence-electron chi connectivity index (χ2n) is 4.09. The predicted octanol–water partition coefficient (Wildman–Crippen LogP) is 1.27. The molecule has 0 fully saturated rings. The Kier molecular flexibility index (Phi) is 2.71. The van der Waals surface area contributed by atoms with Gasteiger partial charge in [-0.15, -0.1) is 0 Å². The highest BCUT2D eigenvalue weighted by atomic mass is 16.4. The molecule has 0 aromatic carbocycles. The fourth-order valence-corrected chi connectivity index (χ4v) is 1.81. The molecule has 2 aromatic rings. The number of rotatable bonds is 3. The van der Waals surface area contributed by atoms with Gasteiger partial charge in [0.2, 0.25) is 0 Å². The molecule has 0 saturated heterocycles. The second kappa shape index (κ2) is 4.04. The van der Waals surface area contributed by atoms with Gasteiger partial charge in [-0.2, -0.15) is 0 Å². The molecule has 0 aliphatic rings. The van der Waals surface area contributed by atoms with Crippen LogP contribution in [0.25, 0.3) is 11.2 Å². The van der Waals surface area contributed by atoms with E-state index in [4.69, 9.17) is 4.42 Å². The molecular formula is C11H12N2O4. The van der Waals surface area contributed by atoms with Crippen LogP contribution in [0.4, 0.5) is 0 Å². The smallest absolute Gasteiger partial charge is 0.422 e. The van der Waals surface area contributed by atoms with Crippen molar-refractivity contribution < 1.29 is 14.3 Å². The highest BCUT2D eigenvalue weighted by Crippen LogP contribution is 2.21. The molecule has 0 bridgehead atoms. The van der Waals surface area contributed by atoms with Crippen molar-refractivity contribution in [3.8, 4) is 0 Å². The number of hydrogen-bond donors (Lipinski definition) is 1. The second-order valence-corrected chi connectivity index (χ2v) is 4.09. The lowest BCUT2D eigenvalue weighted by Gasteiger charge is -2.16.